The van der Waals surface area contributed by atoms with Gasteiger partial charge in [-0.1, -0.05) is 30.3 Å². The molecule has 20 heavy (non-hydrogen) atoms. The maximum atomic E-state index is 11.6. The van der Waals surface area contributed by atoms with Crippen molar-refractivity contribution in [2.45, 2.75) is 12.5 Å². The predicted octanol–water partition coefficient (Wildman–Crippen LogP) is 1.18. The summed E-state index contributed by atoms with van der Waals surface area (Å²) in [6, 6.07) is 9.02. The zero-order valence-corrected chi connectivity index (χ0v) is 12.2. The number of carbonyl (C=O) groups is 2. The fourth-order valence-corrected chi connectivity index (χ4v) is 2.37. The minimum Gasteiger partial charge on any atom is -0.480 e. The molecule has 110 valence electrons. The number of thioether (sulfide) groups is 1. The number of ether oxygens (including phenoxy) is 1. The molecular formula is C14H19NO4S. The molecule has 1 aromatic rings. The first-order valence-electron chi connectivity index (χ1n) is 6.26. The van der Waals surface area contributed by atoms with Crippen molar-refractivity contribution in [3.05, 3.63) is 35.9 Å². The van der Waals surface area contributed by atoms with E-state index in [1.807, 2.05) is 30.3 Å². The van der Waals surface area contributed by atoms with E-state index in [0.717, 1.165) is 12.2 Å². The molecule has 0 saturated heterocycles. The number of aryl methyl sites for hydroxylation is 1. The first kappa shape index (κ1) is 16.5. The summed E-state index contributed by atoms with van der Waals surface area (Å²) in [4.78, 5) is 22.4. The van der Waals surface area contributed by atoms with E-state index in [-0.39, 0.29) is 18.3 Å². The van der Waals surface area contributed by atoms with Crippen molar-refractivity contribution in [1.29, 1.82) is 0 Å². The van der Waals surface area contributed by atoms with E-state index >= 15 is 0 Å². The van der Waals surface area contributed by atoms with Gasteiger partial charge in [0.05, 0.1) is 12.4 Å². The van der Waals surface area contributed by atoms with Crippen LogP contribution in [-0.2, 0) is 20.7 Å². The molecule has 0 spiro atoms. The average Bonchev–Trinajstić information content (AvgIpc) is 2.44. The van der Waals surface area contributed by atoms with Gasteiger partial charge < -0.3 is 15.2 Å². The van der Waals surface area contributed by atoms with Crippen molar-refractivity contribution < 1.29 is 19.4 Å². The van der Waals surface area contributed by atoms with Crippen LogP contribution >= 0.6 is 11.8 Å². The van der Waals surface area contributed by atoms with E-state index in [2.05, 4.69) is 5.32 Å². The number of carbonyl (C=O) groups excluding carboxylic acids is 1. The lowest BCUT2D eigenvalue weighted by molar-refractivity contribution is -0.142. The van der Waals surface area contributed by atoms with Gasteiger partial charge in [0, 0.05) is 7.11 Å². The van der Waals surface area contributed by atoms with Gasteiger partial charge in [-0.15, -0.1) is 0 Å². The molecule has 1 unspecified atom stereocenters. The van der Waals surface area contributed by atoms with Crippen molar-refractivity contribution in [2.75, 3.05) is 25.2 Å². The Morgan fingerprint density at radius 2 is 2.05 bits per heavy atom. The normalized spacial score (nSPS) is 11.8. The molecular weight excluding hydrogens is 278 g/mol. The molecule has 2 N–H and O–H groups in total. The molecule has 0 bridgehead atoms. The largest absolute Gasteiger partial charge is 0.480 e. The summed E-state index contributed by atoms with van der Waals surface area (Å²) in [7, 11) is 1.40. The molecule has 0 fully saturated rings. The van der Waals surface area contributed by atoms with Gasteiger partial charge in [-0.25, -0.2) is 4.79 Å². The van der Waals surface area contributed by atoms with E-state index in [1.54, 1.807) is 0 Å². The number of hydrogen-bond acceptors (Lipinski definition) is 4. The van der Waals surface area contributed by atoms with Gasteiger partial charge in [0.25, 0.3) is 0 Å². The molecule has 0 aliphatic rings. The molecule has 1 aromatic carbocycles. The number of benzene rings is 1. The molecule has 0 aliphatic heterocycles. The minimum atomic E-state index is -1.09. The zero-order chi connectivity index (χ0) is 14.8. The Balaban J connectivity index is 2.21. The van der Waals surface area contributed by atoms with Crippen LogP contribution in [0.15, 0.2) is 30.3 Å². The van der Waals surface area contributed by atoms with Gasteiger partial charge >= 0.3 is 5.97 Å². The number of methoxy groups -OCH3 is 1. The van der Waals surface area contributed by atoms with Crippen LogP contribution in [0.5, 0.6) is 0 Å². The molecule has 5 nitrogen and oxygen atoms in total. The monoisotopic (exact) mass is 297 g/mol. The highest BCUT2D eigenvalue weighted by Gasteiger charge is 2.19. The minimum absolute atomic E-state index is 0.0320. The van der Waals surface area contributed by atoms with Crippen molar-refractivity contribution >= 4 is 23.6 Å². The summed E-state index contributed by atoms with van der Waals surface area (Å²) in [5, 5.41) is 11.3. The maximum absolute atomic E-state index is 11.6. The number of amides is 1. The van der Waals surface area contributed by atoms with Gasteiger partial charge in [0.2, 0.25) is 5.91 Å². The second kappa shape index (κ2) is 9.39. The lowest BCUT2D eigenvalue weighted by Gasteiger charge is -2.13. The molecule has 0 saturated carbocycles. The Hall–Kier alpha value is -1.53. The fraction of sp³-hybridized carbons (Fsp3) is 0.429. The van der Waals surface area contributed by atoms with Gasteiger partial charge in [-0.2, -0.15) is 11.8 Å². The van der Waals surface area contributed by atoms with E-state index < -0.39 is 12.0 Å². The van der Waals surface area contributed by atoms with E-state index in [4.69, 9.17) is 9.84 Å². The lowest BCUT2D eigenvalue weighted by atomic mass is 10.2. The molecule has 1 rings (SSSR count). The predicted molar refractivity (Wildman–Crippen MR) is 78.9 cm³/mol. The summed E-state index contributed by atoms with van der Waals surface area (Å²) >= 11 is 1.48. The molecule has 0 heterocycles. The Kier molecular flexibility index (Phi) is 7.75. The maximum Gasteiger partial charge on any atom is 0.328 e. The summed E-state index contributed by atoms with van der Waals surface area (Å²) in [6.45, 7) is -0.0320. The quantitative estimate of drug-likeness (QED) is 0.669. The molecule has 6 heteroatoms. The van der Waals surface area contributed by atoms with Gasteiger partial charge in [0.1, 0.15) is 0 Å². The van der Waals surface area contributed by atoms with Gasteiger partial charge in [0.15, 0.2) is 6.04 Å². The zero-order valence-electron chi connectivity index (χ0n) is 11.4. The van der Waals surface area contributed by atoms with E-state index in [1.165, 1.54) is 24.4 Å². The number of aliphatic carboxylic acids is 1. The van der Waals surface area contributed by atoms with Crippen LogP contribution in [0.25, 0.3) is 0 Å². The molecule has 1 atom stereocenters. The third-order valence-corrected chi connectivity index (χ3v) is 3.54. The van der Waals surface area contributed by atoms with E-state index in [9.17, 15) is 9.59 Å². The number of rotatable bonds is 9. The van der Waals surface area contributed by atoms with Crippen molar-refractivity contribution in [1.82, 2.24) is 5.32 Å². The highest BCUT2D eigenvalue weighted by molar-refractivity contribution is 7.99. The third kappa shape index (κ3) is 6.58. The summed E-state index contributed by atoms with van der Waals surface area (Å²) in [5.74, 6) is -0.304. The Bertz CT molecular complexity index is 424. The van der Waals surface area contributed by atoms with Crippen molar-refractivity contribution in [3.63, 3.8) is 0 Å². The third-order valence-electron chi connectivity index (χ3n) is 2.58. The van der Waals surface area contributed by atoms with Crippen LogP contribution in [0.3, 0.4) is 0 Å². The lowest BCUT2D eigenvalue weighted by Crippen LogP contribution is -2.44. The molecule has 0 aliphatic carbocycles. The highest BCUT2D eigenvalue weighted by Crippen LogP contribution is 2.06. The number of carboxylic acid groups (broad SMARTS) is 1. The Morgan fingerprint density at radius 1 is 1.35 bits per heavy atom. The van der Waals surface area contributed by atoms with Crippen LogP contribution in [0.4, 0.5) is 0 Å². The van der Waals surface area contributed by atoms with Crippen molar-refractivity contribution in [2.24, 2.45) is 0 Å². The highest BCUT2D eigenvalue weighted by atomic mass is 32.2. The molecule has 0 radical (unpaired) electrons. The van der Waals surface area contributed by atoms with Crippen LogP contribution in [0.2, 0.25) is 0 Å². The Labute approximate surface area is 122 Å². The topological polar surface area (TPSA) is 75.6 Å². The van der Waals surface area contributed by atoms with E-state index in [0.29, 0.717) is 0 Å². The number of carboxylic acids is 1. The SMILES string of the molecule is COCC(NC(=O)CSCCc1ccccc1)C(=O)O. The van der Waals surface area contributed by atoms with Gasteiger partial charge in [-0.05, 0) is 17.7 Å². The fourth-order valence-electron chi connectivity index (χ4n) is 1.58. The molecule has 1 amide bonds. The Morgan fingerprint density at radius 3 is 2.65 bits per heavy atom. The van der Waals surface area contributed by atoms with Crippen LogP contribution < -0.4 is 5.32 Å². The second-order valence-electron chi connectivity index (χ2n) is 4.20. The summed E-state index contributed by atoms with van der Waals surface area (Å²) in [6.07, 6.45) is 0.888. The van der Waals surface area contributed by atoms with Crippen LogP contribution in [0, 0.1) is 0 Å². The standard InChI is InChI=1S/C14H19NO4S/c1-19-9-12(14(17)18)15-13(16)10-20-8-7-11-5-3-2-4-6-11/h2-6,12H,7-10H2,1H3,(H,15,16)(H,17,18). The van der Waals surface area contributed by atoms with Gasteiger partial charge in [-0.3, -0.25) is 4.79 Å². The second-order valence-corrected chi connectivity index (χ2v) is 5.31. The first-order valence-corrected chi connectivity index (χ1v) is 7.41. The summed E-state index contributed by atoms with van der Waals surface area (Å²) < 4.78 is 4.75. The van der Waals surface area contributed by atoms with Crippen molar-refractivity contribution in [3.8, 4) is 0 Å². The summed E-state index contributed by atoms with van der Waals surface area (Å²) in [5.41, 5.74) is 1.23. The first-order chi connectivity index (χ1) is 9.63. The average molecular weight is 297 g/mol. The number of nitrogens with one attached hydrogen (secondary N) is 1. The molecule has 0 aromatic heterocycles. The number of hydrogen-bond donors (Lipinski definition) is 2. The smallest absolute Gasteiger partial charge is 0.328 e. The van der Waals surface area contributed by atoms with Crippen LogP contribution in [-0.4, -0.2) is 48.2 Å². The van der Waals surface area contributed by atoms with Crippen LogP contribution in [0.1, 0.15) is 5.56 Å².